The molecule has 3 aromatic carbocycles. The van der Waals surface area contributed by atoms with Gasteiger partial charge in [-0.2, -0.15) is 0 Å². The number of nitrogens with one attached hydrogen (secondary N) is 2. The van der Waals surface area contributed by atoms with Gasteiger partial charge in [0, 0.05) is 13.0 Å². The fourth-order valence-electron chi connectivity index (χ4n) is 3.36. The van der Waals surface area contributed by atoms with E-state index in [4.69, 9.17) is 9.47 Å². The lowest BCUT2D eigenvalue weighted by atomic mass is 10.1. The molecule has 0 saturated heterocycles. The van der Waals surface area contributed by atoms with Crippen LogP contribution in [-0.4, -0.2) is 32.6 Å². The van der Waals surface area contributed by atoms with E-state index in [2.05, 4.69) is 10.6 Å². The van der Waals surface area contributed by atoms with Crippen LogP contribution < -0.4 is 20.1 Å². The molecule has 0 aromatic heterocycles. The SMILES string of the molecule is COc1ccc(CCNC(=O)c2ccccc2NC(=O)CCc2ccccc2)cc1OC. The highest BCUT2D eigenvalue weighted by Gasteiger charge is 2.13. The molecule has 0 unspecified atom stereocenters. The largest absolute Gasteiger partial charge is 0.493 e. The molecule has 32 heavy (non-hydrogen) atoms. The van der Waals surface area contributed by atoms with Crippen molar-refractivity contribution in [1.82, 2.24) is 5.32 Å². The van der Waals surface area contributed by atoms with Gasteiger partial charge in [0.05, 0.1) is 25.5 Å². The van der Waals surface area contributed by atoms with Gasteiger partial charge in [0.15, 0.2) is 11.5 Å². The highest BCUT2D eigenvalue weighted by Crippen LogP contribution is 2.27. The Balaban J connectivity index is 1.55. The van der Waals surface area contributed by atoms with Crippen LogP contribution in [0, 0.1) is 0 Å². The van der Waals surface area contributed by atoms with E-state index >= 15 is 0 Å². The first-order valence-electron chi connectivity index (χ1n) is 10.5. The Morgan fingerprint density at radius 3 is 2.25 bits per heavy atom. The average Bonchev–Trinajstić information content (AvgIpc) is 2.83. The average molecular weight is 433 g/mol. The van der Waals surface area contributed by atoms with Crippen molar-refractivity contribution >= 4 is 17.5 Å². The number of hydrogen-bond donors (Lipinski definition) is 2. The molecule has 3 aromatic rings. The number of methoxy groups -OCH3 is 2. The molecule has 0 aliphatic heterocycles. The molecule has 0 heterocycles. The zero-order chi connectivity index (χ0) is 22.8. The molecule has 0 fully saturated rings. The van der Waals surface area contributed by atoms with Crippen LogP contribution in [0.2, 0.25) is 0 Å². The molecule has 0 aliphatic carbocycles. The number of carbonyl (C=O) groups excluding carboxylic acids is 2. The summed E-state index contributed by atoms with van der Waals surface area (Å²) in [4.78, 5) is 25.1. The Morgan fingerprint density at radius 1 is 0.781 bits per heavy atom. The van der Waals surface area contributed by atoms with Gasteiger partial charge >= 0.3 is 0 Å². The second-order valence-corrected chi connectivity index (χ2v) is 7.27. The van der Waals surface area contributed by atoms with Gasteiger partial charge in [-0.15, -0.1) is 0 Å². The van der Waals surface area contributed by atoms with Crippen molar-refractivity contribution in [3.8, 4) is 11.5 Å². The van der Waals surface area contributed by atoms with E-state index in [0.29, 0.717) is 48.6 Å². The predicted molar refractivity (Wildman–Crippen MR) is 125 cm³/mol. The van der Waals surface area contributed by atoms with E-state index in [-0.39, 0.29) is 11.8 Å². The zero-order valence-corrected chi connectivity index (χ0v) is 18.4. The molecule has 0 saturated carbocycles. The molecule has 2 N–H and O–H groups in total. The summed E-state index contributed by atoms with van der Waals surface area (Å²) in [5, 5.41) is 5.79. The van der Waals surface area contributed by atoms with Crippen molar-refractivity contribution in [2.75, 3.05) is 26.1 Å². The topological polar surface area (TPSA) is 76.7 Å². The smallest absolute Gasteiger partial charge is 0.253 e. The summed E-state index contributed by atoms with van der Waals surface area (Å²) in [6, 6.07) is 22.5. The quantitative estimate of drug-likeness (QED) is 0.502. The van der Waals surface area contributed by atoms with Crippen molar-refractivity contribution in [2.45, 2.75) is 19.3 Å². The third-order valence-electron chi connectivity index (χ3n) is 5.08. The first-order chi connectivity index (χ1) is 15.6. The second-order valence-electron chi connectivity index (χ2n) is 7.27. The molecular weight excluding hydrogens is 404 g/mol. The Bertz CT molecular complexity index is 1050. The Kier molecular flexibility index (Phi) is 8.26. The van der Waals surface area contributed by atoms with Crippen LogP contribution in [0.5, 0.6) is 11.5 Å². The molecule has 6 nitrogen and oxygen atoms in total. The number of ether oxygens (including phenoxy) is 2. The first-order valence-corrected chi connectivity index (χ1v) is 10.5. The Labute approximate surface area is 188 Å². The molecular formula is C26H28N2O4. The standard InChI is InChI=1S/C26H28N2O4/c1-31-23-14-12-20(18-24(23)32-2)16-17-27-26(30)21-10-6-7-11-22(21)28-25(29)15-13-19-8-4-3-5-9-19/h3-12,14,18H,13,15-17H2,1-2H3,(H,27,30)(H,28,29). The summed E-state index contributed by atoms with van der Waals surface area (Å²) in [7, 11) is 3.18. The summed E-state index contributed by atoms with van der Waals surface area (Å²) in [5.74, 6) is 0.959. The van der Waals surface area contributed by atoms with E-state index in [0.717, 1.165) is 11.1 Å². The highest BCUT2D eigenvalue weighted by atomic mass is 16.5. The molecule has 0 spiro atoms. The van der Waals surface area contributed by atoms with E-state index in [1.807, 2.05) is 48.5 Å². The van der Waals surface area contributed by atoms with Crippen molar-refractivity contribution in [2.24, 2.45) is 0 Å². The minimum atomic E-state index is -0.232. The maximum absolute atomic E-state index is 12.7. The first kappa shape index (κ1) is 22.9. The van der Waals surface area contributed by atoms with Gasteiger partial charge in [-0.05, 0) is 48.2 Å². The van der Waals surface area contributed by atoms with Gasteiger partial charge in [-0.3, -0.25) is 9.59 Å². The third-order valence-corrected chi connectivity index (χ3v) is 5.08. The molecule has 166 valence electrons. The van der Waals surface area contributed by atoms with Crippen LogP contribution in [-0.2, 0) is 17.6 Å². The number of rotatable bonds is 10. The summed E-state index contributed by atoms with van der Waals surface area (Å²) >= 11 is 0. The number of anilines is 1. The van der Waals surface area contributed by atoms with Crippen LogP contribution in [0.25, 0.3) is 0 Å². The fourth-order valence-corrected chi connectivity index (χ4v) is 3.36. The maximum Gasteiger partial charge on any atom is 0.253 e. The van der Waals surface area contributed by atoms with Crippen LogP contribution in [0.15, 0.2) is 72.8 Å². The molecule has 0 atom stereocenters. The van der Waals surface area contributed by atoms with Gasteiger partial charge < -0.3 is 20.1 Å². The Hall–Kier alpha value is -3.80. The van der Waals surface area contributed by atoms with Gasteiger partial charge in [-0.1, -0.05) is 48.5 Å². The summed E-state index contributed by atoms with van der Waals surface area (Å²) in [6.07, 6.45) is 1.63. The van der Waals surface area contributed by atoms with E-state index in [1.54, 1.807) is 38.5 Å². The molecule has 3 rings (SSSR count). The zero-order valence-electron chi connectivity index (χ0n) is 18.4. The molecule has 2 amide bonds. The monoisotopic (exact) mass is 432 g/mol. The second kappa shape index (κ2) is 11.6. The van der Waals surface area contributed by atoms with Gasteiger partial charge in [0.2, 0.25) is 5.91 Å². The van der Waals surface area contributed by atoms with Crippen LogP contribution >= 0.6 is 0 Å². The minimum absolute atomic E-state index is 0.126. The number of amides is 2. The van der Waals surface area contributed by atoms with Crippen molar-refractivity contribution in [3.63, 3.8) is 0 Å². The molecule has 6 heteroatoms. The number of para-hydroxylation sites is 1. The van der Waals surface area contributed by atoms with Crippen molar-refractivity contribution in [3.05, 3.63) is 89.5 Å². The van der Waals surface area contributed by atoms with E-state index in [9.17, 15) is 9.59 Å². The van der Waals surface area contributed by atoms with Crippen LogP contribution in [0.1, 0.15) is 27.9 Å². The number of hydrogen-bond acceptors (Lipinski definition) is 4. The summed E-state index contributed by atoms with van der Waals surface area (Å²) in [5.41, 5.74) is 3.07. The van der Waals surface area contributed by atoms with Crippen LogP contribution in [0.4, 0.5) is 5.69 Å². The molecule has 0 bridgehead atoms. The summed E-state index contributed by atoms with van der Waals surface area (Å²) in [6.45, 7) is 0.449. The van der Waals surface area contributed by atoms with E-state index in [1.165, 1.54) is 0 Å². The minimum Gasteiger partial charge on any atom is -0.493 e. The summed E-state index contributed by atoms with van der Waals surface area (Å²) < 4.78 is 10.6. The molecule has 0 aliphatic rings. The number of carbonyl (C=O) groups is 2. The molecule has 0 radical (unpaired) electrons. The van der Waals surface area contributed by atoms with Crippen LogP contribution in [0.3, 0.4) is 0 Å². The lowest BCUT2D eigenvalue weighted by Crippen LogP contribution is -2.27. The van der Waals surface area contributed by atoms with Gasteiger partial charge in [-0.25, -0.2) is 0 Å². The number of aryl methyl sites for hydroxylation is 1. The van der Waals surface area contributed by atoms with Crippen molar-refractivity contribution < 1.29 is 19.1 Å². The maximum atomic E-state index is 12.7. The van der Waals surface area contributed by atoms with Crippen molar-refractivity contribution in [1.29, 1.82) is 0 Å². The van der Waals surface area contributed by atoms with E-state index < -0.39 is 0 Å². The highest BCUT2D eigenvalue weighted by molar-refractivity contribution is 6.03. The third kappa shape index (κ3) is 6.35. The lowest BCUT2D eigenvalue weighted by Gasteiger charge is -2.12. The number of benzene rings is 3. The normalized spacial score (nSPS) is 10.3. The fraction of sp³-hybridized carbons (Fsp3) is 0.231. The Morgan fingerprint density at radius 2 is 1.50 bits per heavy atom. The van der Waals surface area contributed by atoms with Gasteiger partial charge in [0.1, 0.15) is 0 Å². The predicted octanol–water partition coefficient (Wildman–Crippen LogP) is 4.25. The lowest BCUT2D eigenvalue weighted by molar-refractivity contribution is -0.116. The van der Waals surface area contributed by atoms with Gasteiger partial charge in [0.25, 0.3) is 5.91 Å².